The number of nitrogens with zero attached hydrogens (tertiary/aromatic N) is 4. The topological polar surface area (TPSA) is 111 Å². The molecule has 0 fully saturated rings. The highest BCUT2D eigenvalue weighted by molar-refractivity contribution is 5.99. The Bertz CT molecular complexity index is 921. The van der Waals surface area contributed by atoms with E-state index in [0.717, 1.165) is 5.56 Å². The highest BCUT2D eigenvalue weighted by atomic mass is 19.1. The lowest BCUT2D eigenvalue weighted by molar-refractivity contribution is -0.386. The number of nitro benzene ring substituents is 1. The van der Waals surface area contributed by atoms with E-state index >= 15 is 0 Å². The zero-order valence-corrected chi connectivity index (χ0v) is 15.8. The van der Waals surface area contributed by atoms with Gasteiger partial charge < -0.3 is 14.7 Å². The zero-order valence-electron chi connectivity index (χ0n) is 15.8. The quantitative estimate of drug-likeness (QED) is 0.570. The molecule has 1 aromatic heterocycles. The van der Waals surface area contributed by atoms with Crippen LogP contribution in [0.25, 0.3) is 0 Å². The molecular weight excluding hydrogens is 371 g/mol. The van der Waals surface area contributed by atoms with Crippen LogP contribution in [0.15, 0.2) is 24.5 Å². The Morgan fingerprint density at radius 2 is 2.18 bits per heavy atom. The third-order valence-corrected chi connectivity index (χ3v) is 4.56. The number of aromatic nitrogens is 2. The molecule has 2 heterocycles. The largest absolute Gasteiger partial charge is 0.482 e. The van der Waals surface area contributed by atoms with Gasteiger partial charge in [-0.25, -0.2) is 4.39 Å². The third kappa shape index (κ3) is 3.96. The number of ether oxygens (including phenoxy) is 1. The number of rotatable bonds is 7. The van der Waals surface area contributed by atoms with Crippen molar-refractivity contribution < 1.29 is 24.0 Å². The molecule has 150 valence electrons. The predicted octanol–water partition coefficient (Wildman–Crippen LogP) is 1.97. The number of carbonyl (C=O) groups excluding carboxylic acids is 1. The molecule has 0 unspecified atom stereocenters. The van der Waals surface area contributed by atoms with Crippen LogP contribution in [0.2, 0.25) is 0 Å². The Hall–Kier alpha value is -3.01. The Labute approximate surface area is 160 Å². The lowest BCUT2D eigenvalue weighted by Crippen LogP contribution is -2.42. The minimum absolute atomic E-state index is 0.0361. The standard InChI is InChI=1S/C18H21FN4O5/c1-18(2,25)16(19)9-22-8-12-4-14(23(26)27)15(5-13(12)17(22)24)28-10-11-6-20-21(3)7-11/h4-7,16,25H,8-10H2,1-3H3/t16-/m1/s1. The van der Waals surface area contributed by atoms with E-state index in [2.05, 4.69) is 5.10 Å². The van der Waals surface area contributed by atoms with E-state index in [0.29, 0.717) is 5.56 Å². The van der Waals surface area contributed by atoms with Crippen molar-refractivity contribution in [2.75, 3.05) is 6.54 Å². The summed E-state index contributed by atoms with van der Waals surface area (Å²) in [6, 6.07) is 2.60. The van der Waals surface area contributed by atoms with E-state index in [1.807, 2.05) is 0 Å². The average Bonchev–Trinajstić information content (AvgIpc) is 3.15. The number of hydrogen-bond donors (Lipinski definition) is 1. The van der Waals surface area contributed by atoms with Gasteiger partial charge in [-0.3, -0.25) is 19.6 Å². The fourth-order valence-corrected chi connectivity index (χ4v) is 2.92. The monoisotopic (exact) mass is 392 g/mol. The van der Waals surface area contributed by atoms with Gasteiger partial charge in [-0.2, -0.15) is 5.10 Å². The van der Waals surface area contributed by atoms with Crippen LogP contribution in [0, 0.1) is 10.1 Å². The molecule has 0 aliphatic carbocycles. The second-order valence-electron chi connectivity index (χ2n) is 7.35. The molecule has 1 atom stereocenters. The number of alkyl halides is 1. The van der Waals surface area contributed by atoms with Crippen LogP contribution < -0.4 is 4.74 Å². The molecule has 1 amide bonds. The molecule has 1 N–H and O–H groups in total. The first-order valence-corrected chi connectivity index (χ1v) is 8.63. The number of carbonyl (C=O) groups is 1. The van der Waals surface area contributed by atoms with E-state index in [9.17, 15) is 24.4 Å². The second kappa shape index (κ2) is 7.19. The second-order valence-corrected chi connectivity index (χ2v) is 7.35. The third-order valence-electron chi connectivity index (χ3n) is 4.56. The van der Waals surface area contributed by atoms with E-state index < -0.39 is 22.6 Å². The van der Waals surface area contributed by atoms with Crippen molar-refractivity contribution in [1.29, 1.82) is 0 Å². The van der Waals surface area contributed by atoms with Gasteiger partial charge >= 0.3 is 5.69 Å². The number of nitro groups is 1. The van der Waals surface area contributed by atoms with E-state index in [1.54, 1.807) is 24.1 Å². The highest BCUT2D eigenvalue weighted by Gasteiger charge is 2.36. The number of amides is 1. The number of benzene rings is 1. The van der Waals surface area contributed by atoms with Gasteiger partial charge in [0.25, 0.3) is 5.91 Å². The van der Waals surface area contributed by atoms with E-state index in [4.69, 9.17) is 4.74 Å². The first kappa shape index (κ1) is 19.7. The predicted molar refractivity (Wildman–Crippen MR) is 96.6 cm³/mol. The Balaban J connectivity index is 1.84. The first-order chi connectivity index (χ1) is 13.1. The molecule has 0 saturated heterocycles. The summed E-state index contributed by atoms with van der Waals surface area (Å²) < 4.78 is 21.3. The molecule has 0 bridgehead atoms. The van der Waals surface area contributed by atoms with Crippen LogP contribution in [0.3, 0.4) is 0 Å². The van der Waals surface area contributed by atoms with Crippen LogP contribution >= 0.6 is 0 Å². The smallest absolute Gasteiger partial charge is 0.311 e. The molecule has 10 heteroatoms. The van der Waals surface area contributed by atoms with Gasteiger partial charge in [-0.05, 0) is 19.4 Å². The van der Waals surface area contributed by atoms with Crippen molar-refractivity contribution in [1.82, 2.24) is 14.7 Å². The van der Waals surface area contributed by atoms with Gasteiger partial charge in [0.2, 0.25) is 0 Å². The maximum absolute atomic E-state index is 14.2. The minimum atomic E-state index is -1.65. The normalized spacial score (nSPS) is 14.9. The van der Waals surface area contributed by atoms with Crippen molar-refractivity contribution in [2.24, 2.45) is 7.05 Å². The van der Waals surface area contributed by atoms with Crippen molar-refractivity contribution in [3.8, 4) is 5.75 Å². The maximum atomic E-state index is 14.2. The number of aliphatic hydroxyl groups is 1. The lowest BCUT2D eigenvalue weighted by Gasteiger charge is -2.26. The van der Waals surface area contributed by atoms with Crippen LogP contribution in [0.5, 0.6) is 5.75 Å². The number of halogens is 1. The number of hydrogen-bond acceptors (Lipinski definition) is 6. The average molecular weight is 392 g/mol. The van der Waals surface area contributed by atoms with Crippen molar-refractivity contribution >= 4 is 11.6 Å². The molecule has 1 aliphatic rings. The van der Waals surface area contributed by atoms with E-state index in [-0.39, 0.29) is 36.7 Å². The van der Waals surface area contributed by atoms with Crippen molar-refractivity contribution in [3.05, 3.63) is 51.3 Å². The van der Waals surface area contributed by atoms with Crippen molar-refractivity contribution in [3.63, 3.8) is 0 Å². The summed E-state index contributed by atoms with van der Waals surface area (Å²) in [6.45, 7) is 2.42. The zero-order chi connectivity index (χ0) is 20.6. The summed E-state index contributed by atoms with van der Waals surface area (Å²) in [4.78, 5) is 24.7. The fourth-order valence-electron chi connectivity index (χ4n) is 2.92. The van der Waals surface area contributed by atoms with E-state index in [1.165, 1.54) is 30.9 Å². The Morgan fingerprint density at radius 3 is 2.75 bits per heavy atom. The number of aryl methyl sites for hydroxylation is 1. The lowest BCUT2D eigenvalue weighted by atomic mass is 10.0. The van der Waals surface area contributed by atoms with Gasteiger partial charge in [0.05, 0.1) is 23.3 Å². The molecule has 0 radical (unpaired) electrons. The summed E-state index contributed by atoms with van der Waals surface area (Å²) >= 11 is 0. The molecular formula is C18H21FN4O5. The van der Waals surface area contributed by atoms with Gasteiger partial charge in [-0.15, -0.1) is 0 Å². The van der Waals surface area contributed by atoms with Gasteiger partial charge in [0.1, 0.15) is 12.8 Å². The van der Waals surface area contributed by atoms with Gasteiger partial charge in [0, 0.05) is 43.0 Å². The Kier molecular flexibility index (Phi) is 5.07. The summed E-state index contributed by atoms with van der Waals surface area (Å²) in [6.07, 6.45) is 1.64. The molecule has 0 spiro atoms. The fraction of sp³-hybridized carbons (Fsp3) is 0.444. The first-order valence-electron chi connectivity index (χ1n) is 8.63. The maximum Gasteiger partial charge on any atom is 0.311 e. The molecule has 28 heavy (non-hydrogen) atoms. The molecule has 2 aromatic rings. The van der Waals surface area contributed by atoms with Crippen molar-refractivity contribution in [2.45, 2.75) is 38.8 Å². The minimum Gasteiger partial charge on any atom is -0.482 e. The summed E-state index contributed by atoms with van der Waals surface area (Å²) in [5.74, 6) is -0.495. The molecule has 9 nitrogen and oxygen atoms in total. The highest BCUT2D eigenvalue weighted by Crippen LogP contribution is 2.36. The molecule has 1 aromatic carbocycles. The van der Waals surface area contributed by atoms with Crippen LogP contribution in [0.1, 0.15) is 35.3 Å². The summed E-state index contributed by atoms with van der Waals surface area (Å²) in [5, 5.41) is 25.2. The molecule has 3 rings (SSSR count). The summed E-state index contributed by atoms with van der Waals surface area (Å²) in [7, 11) is 1.74. The van der Waals surface area contributed by atoms with Crippen LogP contribution in [-0.2, 0) is 20.2 Å². The summed E-state index contributed by atoms with van der Waals surface area (Å²) in [5.41, 5.74) is -0.491. The van der Waals surface area contributed by atoms with Crippen LogP contribution in [0.4, 0.5) is 10.1 Å². The van der Waals surface area contributed by atoms with Gasteiger partial charge in [-0.1, -0.05) is 0 Å². The van der Waals surface area contributed by atoms with Crippen LogP contribution in [-0.4, -0.2) is 48.9 Å². The SMILES string of the molecule is Cn1cc(COc2cc3c(cc2[N+](=O)[O-])CN(C[C@@H](F)C(C)(C)O)C3=O)cn1. The number of fused-ring (bicyclic) bond motifs is 1. The molecule has 1 aliphatic heterocycles. The van der Waals surface area contributed by atoms with Gasteiger partial charge in [0.15, 0.2) is 5.75 Å². The Morgan fingerprint density at radius 1 is 1.46 bits per heavy atom. The molecule has 0 saturated carbocycles.